The molecular formula is C10H19NO. The first-order chi connectivity index (χ1) is 5.85. The molecule has 0 aromatic carbocycles. The smallest absolute Gasteiger partial charge is 0.0697 e. The maximum atomic E-state index is 5.92. The summed E-state index contributed by atoms with van der Waals surface area (Å²) in [4.78, 5) is 0. The molecule has 1 saturated heterocycles. The lowest BCUT2D eigenvalue weighted by Crippen LogP contribution is -2.44. The minimum atomic E-state index is 0.284. The Morgan fingerprint density at radius 1 is 1.33 bits per heavy atom. The van der Waals surface area contributed by atoms with Crippen molar-refractivity contribution in [2.75, 3.05) is 13.7 Å². The maximum Gasteiger partial charge on any atom is 0.0697 e. The minimum Gasteiger partial charge on any atom is -0.375 e. The molecule has 1 heterocycles. The summed E-state index contributed by atoms with van der Waals surface area (Å²) < 4.78 is 5.92. The van der Waals surface area contributed by atoms with E-state index in [1.807, 2.05) is 0 Å². The van der Waals surface area contributed by atoms with E-state index < -0.39 is 0 Å². The zero-order valence-corrected chi connectivity index (χ0v) is 7.94. The Labute approximate surface area is 74.7 Å². The Balaban J connectivity index is 1.97. The van der Waals surface area contributed by atoms with Crippen LogP contribution in [-0.2, 0) is 4.74 Å². The highest BCUT2D eigenvalue weighted by Gasteiger charge is 2.39. The van der Waals surface area contributed by atoms with E-state index >= 15 is 0 Å². The molecule has 0 aromatic rings. The zero-order chi connectivity index (χ0) is 8.44. The molecule has 1 N–H and O–H groups in total. The fourth-order valence-corrected chi connectivity index (χ4v) is 2.64. The predicted octanol–water partition coefficient (Wildman–Crippen LogP) is 1.70. The van der Waals surface area contributed by atoms with Crippen molar-refractivity contribution in [1.29, 1.82) is 0 Å². The van der Waals surface area contributed by atoms with Gasteiger partial charge in [0.15, 0.2) is 0 Å². The second kappa shape index (κ2) is 3.35. The van der Waals surface area contributed by atoms with Gasteiger partial charge in [0.2, 0.25) is 0 Å². The molecule has 2 fully saturated rings. The molecule has 2 rings (SSSR count). The molecule has 0 amide bonds. The second-order valence-electron chi connectivity index (χ2n) is 4.22. The van der Waals surface area contributed by atoms with E-state index in [4.69, 9.17) is 4.74 Å². The van der Waals surface area contributed by atoms with Gasteiger partial charge in [-0.3, -0.25) is 0 Å². The third-order valence-electron chi connectivity index (χ3n) is 3.42. The lowest BCUT2D eigenvalue weighted by atomic mass is 9.89. The Morgan fingerprint density at radius 2 is 2.08 bits per heavy atom. The number of hydrogen-bond donors (Lipinski definition) is 1. The topological polar surface area (TPSA) is 21.3 Å². The van der Waals surface area contributed by atoms with Crippen LogP contribution in [0.3, 0.4) is 0 Å². The van der Waals surface area contributed by atoms with Crippen molar-refractivity contribution in [3.63, 3.8) is 0 Å². The fourth-order valence-electron chi connectivity index (χ4n) is 2.64. The molecule has 2 aliphatic rings. The molecular weight excluding hydrogens is 150 g/mol. The van der Waals surface area contributed by atoms with E-state index in [9.17, 15) is 0 Å². The van der Waals surface area contributed by atoms with Crippen LogP contribution in [0.1, 0.15) is 38.5 Å². The van der Waals surface area contributed by atoms with Crippen LogP contribution in [0.4, 0.5) is 0 Å². The average molecular weight is 169 g/mol. The molecule has 1 aliphatic heterocycles. The van der Waals surface area contributed by atoms with E-state index in [-0.39, 0.29) is 5.60 Å². The summed E-state index contributed by atoms with van der Waals surface area (Å²) >= 11 is 0. The van der Waals surface area contributed by atoms with Gasteiger partial charge in [0.25, 0.3) is 0 Å². The Morgan fingerprint density at radius 3 is 2.75 bits per heavy atom. The lowest BCUT2D eigenvalue weighted by Gasteiger charge is -2.38. The first-order valence-electron chi connectivity index (χ1n) is 5.16. The van der Waals surface area contributed by atoms with Gasteiger partial charge in [0.05, 0.1) is 5.60 Å². The van der Waals surface area contributed by atoms with Gasteiger partial charge < -0.3 is 10.1 Å². The van der Waals surface area contributed by atoms with Crippen molar-refractivity contribution < 1.29 is 4.74 Å². The number of rotatable bonds is 1. The van der Waals surface area contributed by atoms with Crippen LogP contribution in [0.15, 0.2) is 0 Å². The van der Waals surface area contributed by atoms with Gasteiger partial charge in [-0.1, -0.05) is 12.8 Å². The molecule has 1 saturated carbocycles. The summed E-state index contributed by atoms with van der Waals surface area (Å²) in [5.41, 5.74) is 0.284. The molecule has 2 nitrogen and oxygen atoms in total. The quantitative estimate of drug-likeness (QED) is 0.645. The van der Waals surface area contributed by atoms with Crippen LogP contribution in [0, 0.1) is 0 Å². The summed E-state index contributed by atoms with van der Waals surface area (Å²) in [7, 11) is 2.07. The highest BCUT2D eigenvalue weighted by atomic mass is 16.5. The predicted molar refractivity (Wildman–Crippen MR) is 49.2 cm³/mol. The van der Waals surface area contributed by atoms with Gasteiger partial charge in [0, 0.05) is 12.6 Å². The highest BCUT2D eigenvalue weighted by molar-refractivity contribution is 4.92. The summed E-state index contributed by atoms with van der Waals surface area (Å²) in [6, 6.07) is 0.705. The maximum absolute atomic E-state index is 5.92. The van der Waals surface area contributed by atoms with Gasteiger partial charge in [-0.2, -0.15) is 0 Å². The number of ether oxygens (including phenoxy) is 1. The Bertz CT molecular complexity index is 152. The number of nitrogens with one attached hydrogen (secondary N) is 1. The van der Waals surface area contributed by atoms with Gasteiger partial charge in [-0.05, 0) is 32.7 Å². The standard InChI is InChI=1S/C10H19NO/c1-11-9-4-7-12-10(8-9)5-2-3-6-10/h9,11H,2-8H2,1H3. The van der Waals surface area contributed by atoms with E-state index in [2.05, 4.69) is 12.4 Å². The van der Waals surface area contributed by atoms with Crippen molar-refractivity contribution in [2.24, 2.45) is 0 Å². The van der Waals surface area contributed by atoms with Crippen LogP contribution in [0.2, 0.25) is 0 Å². The summed E-state index contributed by atoms with van der Waals surface area (Å²) in [5, 5.41) is 3.38. The zero-order valence-electron chi connectivity index (χ0n) is 7.94. The minimum absolute atomic E-state index is 0.284. The normalized spacial score (nSPS) is 34.2. The molecule has 12 heavy (non-hydrogen) atoms. The first-order valence-corrected chi connectivity index (χ1v) is 5.16. The Hall–Kier alpha value is -0.0800. The summed E-state index contributed by atoms with van der Waals surface area (Å²) in [6.45, 7) is 0.964. The van der Waals surface area contributed by atoms with Gasteiger partial charge in [0.1, 0.15) is 0 Å². The molecule has 0 bridgehead atoms. The van der Waals surface area contributed by atoms with Crippen molar-refractivity contribution in [3.8, 4) is 0 Å². The molecule has 1 spiro atoms. The van der Waals surface area contributed by atoms with E-state index in [1.54, 1.807) is 0 Å². The van der Waals surface area contributed by atoms with Crippen LogP contribution < -0.4 is 5.32 Å². The second-order valence-corrected chi connectivity index (χ2v) is 4.22. The Kier molecular flexibility index (Phi) is 2.37. The van der Waals surface area contributed by atoms with E-state index in [0.717, 1.165) is 6.61 Å². The molecule has 2 heteroatoms. The van der Waals surface area contributed by atoms with Crippen molar-refractivity contribution in [3.05, 3.63) is 0 Å². The summed E-state index contributed by atoms with van der Waals surface area (Å²) in [5.74, 6) is 0. The molecule has 0 radical (unpaired) electrons. The average Bonchev–Trinajstić information content (AvgIpc) is 2.53. The monoisotopic (exact) mass is 169 g/mol. The first kappa shape index (κ1) is 8.52. The SMILES string of the molecule is CNC1CCOC2(CCCC2)C1. The van der Waals surface area contributed by atoms with Crippen molar-refractivity contribution in [1.82, 2.24) is 5.32 Å². The van der Waals surface area contributed by atoms with Gasteiger partial charge in [-0.15, -0.1) is 0 Å². The van der Waals surface area contributed by atoms with Crippen LogP contribution in [0.25, 0.3) is 0 Å². The van der Waals surface area contributed by atoms with E-state index in [1.165, 1.54) is 38.5 Å². The number of hydrogen-bond acceptors (Lipinski definition) is 2. The highest BCUT2D eigenvalue weighted by Crippen LogP contribution is 2.39. The fraction of sp³-hybridized carbons (Fsp3) is 1.00. The third kappa shape index (κ3) is 1.50. The largest absolute Gasteiger partial charge is 0.375 e. The van der Waals surface area contributed by atoms with Gasteiger partial charge >= 0.3 is 0 Å². The third-order valence-corrected chi connectivity index (χ3v) is 3.42. The lowest BCUT2D eigenvalue weighted by molar-refractivity contribution is -0.0827. The molecule has 1 unspecified atom stereocenters. The van der Waals surface area contributed by atoms with Crippen molar-refractivity contribution >= 4 is 0 Å². The van der Waals surface area contributed by atoms with Gasteiger partial charge in [-0.25, -0.2) is 0 Å². The molecule has 1 atom stereocenters. The van der Waals surface area contributed by atoms with Crippen LogP contribution in [0.5, 0.6) is 0 Å². The van der Waals surface area contributed by atoms with Crippen molar-refractivity contribution in [2.45, 2.75) is 50.2 Å². The summed E-state index contributed by atoms with van der Waals surface area (Å²) in [6.07, 6.45) is 7.77. The molecule has 70 valence electrons. The van der Waals surface area contributed by atoms with Crippen LogP contribution in [-0.4, -0.2) is 25.3 Å². The van der Waals surface area contributed by atoms with E-state index in [0.29, 0.717) is 6.04 Å². The van der Waals surface area contributed by atoms with Crippen LogP contribution >= 0.6 is 0 Å². The molecule has 0 aromatic heterocycles. The molecule has 1 aliphatic carbocycles.